The molecule has 2 nitrogen and oxygen atoms in total. The average molecular weight is 253 g/mol. The van der Waals surface area contributed by atoms with Crippen LogP contribution in [0.3, 0.4) is 0 Å². The Labute approximate surface area is 90.1 Å². The minimum atomic E-state index is 0.587. The summed E-state index contributed by atoms with van der Waals surface area (Å²) in [7, 11) is 1.69. The molecule has 0 rings (SSSR count). The fourth-order valence-electron chi connectivity index (χ4n) is 1.24. The van der Waals surface area contributed by atoms with E-state index in [-0.39, 0.29) is 0 Å². The molecule has 0 aromatic rings. The van der Waals surface area contributed by atoms with Gasteiger partial charge in [-0.2, -0.15) is 0 Å². The summed E-state index contributed by atoms with van der Waals surface area (Å²) >= 11 is 3.60. The van der Waals surface area contributed by atoms with Crippen molar-refractivity contribution in [1.82, 2.24) is 0 Å². The third-order valence-corrected chi connectivity index (χ3v) is 2.99. The molecule has 0 amide bonds. The topological polar surface area (TPSA) is 18.5 Å². The number of ether oxygens (including phenoxy) is 2. The zero-order valence-corrected chi connectivity index (χ0v) is 10.5. The van der Waals surface area contributed by atoms with E-state index >= 15 is 0 Å². The number of methoxy groups -OCH3 is 1. The van der Waals surface area contributed by atoms with E-state index in [1.807, 2.05) is 0 Å². The van der Waals surface area contributed by atoms with Crippen LogP contribution in [0.4, 0.5) is 0 Å². The maximum absolute atomic E-state index is 5.41. The Balaban J connectivity index is 3.28. The molecule has 0 aliphatic heterocycles. The van der Waals surface area contributed by atoms with Crippen molar-refractivity contribution in [3.05, 3.63) is 0 Å². The molecule has 0 saturated carbocycles. The minimum Gasteiger partial charge on any atom is -0.382 e. The first-order valence-corrected chi connectivity index (χ1v) is 5.84. The van der Waals surface area contributed by atoms with Gasteiger partial charge in [0.1, 0.15) is 0 Å². The van der Waals surface area contributed by atoms with Crippen molar-refractivity contribution in [2.24, 2.45) is 5.92 Å². The zero-order chi connectivity index (χ0) is 10.1. The maximum Gasteiger partial charge on any atom is 0.0700 e. The van der Waals surface area contributed by atoms with Crippen LogP contribution in [0, 0.1) is 5.92 Å². The Morgan fingerprint density at radius 2 is 1.92 bits per heavy atom. The van der Waals surface area contributed by atoms with Crippen LogP contribution < -0.4 is 0 Å². The predicted molar refractivity (Wildman–Crippen MR) is 59.5 cm³/mol. The van der Waals surface area contributed by atoms with Crippen molar-refractivity contribution < 1.29 is 9.47 Å². The number of hydrogen-bond donors (Lipinski definition) is 0. The summed E-state index contributed by atoms with van der Waals surface area (Å²) < 4.78 is 10.3. The Morgan fingerprint density at radius 3 is 2.38 bits per heavy atom. The van der Waals surface area contributed by atoms with Gasteiger partial charge in [-0.3, -0.25) is 0 Å². The van der Waals surface area contributed by atoms with Gasteiger partial charge in [-0.1, -0.05) is 36.2 Å². The van der Waals surface area contributed by atoms with Gasteiger partial charge in [-0.15, -0.1) is 0 Å². The molecule has 0 spiro atoms. The van der Waals surface area contributed by atoms with E-state index in [1.54, 1.807) is 7.11 Å². The SMILES string of the molecule is CCC(CCOCCOC)C(C)Br. The van der Waals surface area contributed by atoms with Gasteiger partial charge in [0.15, 0.2) is 0 Å². The fourth-order valence-corrected chi connectivity index (χ4v) is 1.88. The van der Waals surface area contributed by atoms with Gasteiger partial charge in [0.05, 0.1) is 13.2 Å². The summed E-state index contributed by atoms with van der Waals surface area (Å²) in [5.74, 6) is 0.725. The normalized spacial score (nSPS) is 15.7. The second-order valence-electron chi connectivity index (χ2n) is 3.24. The summed E-state index contributed by atoms with van der Waals surface area (Å²) in [6, 6.07) is 0. The molecule has 0 bridgehead atoms. The standard InChI is InChI=1S/C10H21BrO2/c1-4-10(9(2)11)5-6-13-8-7-12-3/h9-10H,4-8H2,1-3H3. The summed E-state index contributed by atoms with van der Waals surface area (Å²) in [5.41, 5.74) is 0. The minimum absolute atomic E-state index is 0.587. The molecular formula is C10H21BrO2. The van der Waals surface area contributed by atoms with Crippen LogP contribution in [0.25, 0.3) is 0 Å². The molecule has 0 fully saturated rings. The highest BCUT2D eigenvalue weighted by molar-refractivity contribution is 9.09. The van der Waals surface area contributed by atoms with Gasteiger partial charge in [-0.05, 0) is 12.3 Å². The van der Waals surface area contributed by atoms with Crippen LogP contribution in [0.2, 0.25) is 0 Å². The summed E-state index contributed by atoms with van der Waals surface area (Å²) in [6.07, 6.45) is 2.34. The molecule has 0 heterocycles. The summed E-state index contributed by atoms with van der Waals surface area (Å²) in [4.78, 5) is 0.587. The molecule has 0 radical (unpaired) electrons. The van der Waals surface area contributed by atoms with Crippen molar-refractivity contribution in [1.29, 1.82) is 0 Å². The van der Waals surface area contributed by atoms with Crippen LogP contribution in [0.15, 0.2) is 0 Å². The molecule has 2 atom stereocenters. The van der Waals surface area contributed by atoms with Gasteiger partial charge in [0.2, 0.25) is 0 Å². The highest BCUT2D eigenvalue weighted by Crippen LogP contribution is 2.19. The monoisotopic (exact) mass is 252 g/mol. The molecule has 0 aromatic carbocycles. The molecule has 0 saturated heterocycles. The van der Waals surface area contributed by atoms with Crippen LogP contribution in [0.1, 0.15) is 26.7 Å². The van der Waals surface area contributed by atoms with E-state index in [1.165, 1.54) is 6.42 Å². The van der Waals surface area contributed by atoms with Gasteiger partial charge in [-0.25, -0.2) is 0 Å². The third-order valence-electron chi connectivity index (χ3n) is 2.24. The smallest absolute Gasteiger partial charge is 0.0700 e. The van der Waals surface area contributed by atoms with E-state index < -0.39 is 0 Å². The number of alkyl halides is 1. The average Bonchev–Trinajstić information content (AvgIpc) is 2.10. The van der Waals surface area contributed by atoms with Crippen LogP contribution in [-0.4, -0.2) is 31.8 Å². The molecule has 3 heteroatoms. The van der Waals surface area contributed by atoms with E-state index in [2.05, 4.69) is 29.8 Å². The fraction of sp³-hybridized carbons (Fsp3) is 1.00. The zero-order valence-electron chi connectivity index (χ0n) is 8.88. The Kier molecular flexibility index (Phi) is 9.25. The molecule has 0 aromatic heterocycles. The molecule has 13 heavy (non-hydrogen) atoms. The van der Waals surface area contributed by atoms with Crippen molar-refractivity contribution in [3.63, 3.8) is 0 Å². The highest BCUT2D eigenvalue weighted by Gasteiger charge is 2.11. The first kappa shape index (κ1) is 13.4. The molecule has 2 unspecified atom stereocenters. The van der Waals surface area contributed by atoms with Crippen LogP contribution in [-0.2, 0) is 9.47 Å². The molecular weight excluding hydrogens is 232 g/mol. The second kappa shape index (κ2) is 8.97. The molecule has 0 aliphatic carbocycles. The molecule has 0 N–H and O–H groups in total. The van der Waals surface area contributed by atoms with Crippen molar-refractivity contribution >= 4 is 15.9 Å². The molecule has 80 valence electrons. The second-order valence-corrected chi connectivity index (χ2v) is 4.68. The van der Waals surface area contributed by atoms with Crippen molar-refractivity contribution in [3.8, 4) is 0 Å². The Hall–Kier alpha value is 0.400. The Bertz CT molecular complexity index is 107. The van der Waals surface area contributed by atoms with Crippen LogP contribution >= 0.6 is 15.9 Å². The third kappa shape index (κ3) is 7.47. The van der Waals surface area contributed by atoms with E-state index in [9.17, 15) is 0 Å². The molecule has 0 aliphatic rings. The summed E-state index contributed by atoms with van der Waals surface area (Å²) in [6.45, 7) is 6.67. The van der Waals surface area contributed by atoms with Gasteiger partial charge in [0, 0.05) is 18.5 Å². The largest absolute Gasteiger partial charge is 0.382 e. The predicted octanol–water partition coefficient (Wildman–Crippen LogP) is 2.85. The number of halogens is 1. The first-order valence-electron chi connectivity index (χ1n) is 4.93. The van der Waals surface area contributed by atoms with E-state index in [0.717, 1.165) is 18.9 Å². The maximum atomic E-state index is 5.41. The van der Waals surface area contributed by atoms with Gasteiger partial charge in [0.25, 0.3) is 0 Å². The lowest BCUT2D eigenvalue weighted by Gasteiger charge is -2.17. The lowest BCUT2D eigenvalue weighted by atomic mass is 10.0. The first-order chi connectivity index (χ1) is 6.22. The lowest BCUT2D eigenvalue weighted by Crippen LogP contribution is -2.13. The van der Waals surface area contributed by atoms with Crippen molar-refractivity contribution in [2.45, 2.75) is 31.5 Å². The highest BCUT2D eigenvalue weighted by atomic mass is 79.9. The summed E-state index contributed by atoms with van der Waals surface area (Å²) in [5, 5.41) is 0. The van der Waals surface area contributed by atoms with E-state index in [4.69, 9.17) is 9.47 Å². The Morgan fingerprint density at radius 1 is 1.23 bits per heavy atom. The van der Waals surface area contributed by atoms with Crippen molar-refractivity contribution in [2.75, 3.05) is 26.9 Å². The van der Waals surface area contributed by atoms with Gasteiger partial charge >= 0.3 is 0 Å². The van der Waals surface area contributed by atoms with Gasteiger partial charge < -0.3 is 9.47 Å². The number of hydrogen-bond acceptors (Lipinski definition) is 2. The quantitative estimate of drug-likeness (QED) is 0.489. The number of rotatable bonds is 8. The lowest BCUT2D eigenvalue weighted by molar-refractivity contribution is 0.0636. The van der Waals surface area contributed by atoms with Crippen LogP contribution in [0.5, 0.6) is 0 Å². The van der Waals surface area contributed by atoms with E-state index in [0.29, 0.717) is 18.0 Å².